The van der Waals surface area contributed by atoms with E-state index < -0.39 is 22.8 Å². The maximum absolute atomic E-state index is 14.0. The summed E-state index contributed by atoms with van der Waals surface area (Å²) < 4.78 is 12.5. The molecule has 8 rings (SSSR count). The lowest BCUT2D eigenvalue weighted by atomic mass is 9.29. The molecule has 3 aliphatic carbocycles. The Morgan fingerprint density at radius 3 is 2.66 bits per heavy atom. The SMILES string of the molecule is CCC1(O)C2C3[C@H](OC34C3Cc5ccc(OC)c(O)c5C24CCN3CC2CC2)C(=O)N1Cc1ccccc1. The molecule has 2 aromatic rings. The zero-order valence-corrected chi connectivity index (χ0v) is 22.1. The highest BCUT2D eigenvalue weighted by molar-refractivity contribution is 5.87. The van der Waals surface area contributed by atoms with Gasteiger partial charge in [0.25, 0.3) is 5.91 Å². The second-order valence-corrected chi connectivity index (χ2v) is 12.5. The number of rotatable bonds is 6. The van der Waals surface area contributed by atoms with Crippen LogP contribution in [0, 0.1) is 17.8 Å². The first-order chi connectivity index (χ1) is 18.4. The number of aliphatic hydroxyl groups is 1. The third kappa shape index (κ3) is 2.50. The third-order valence-corrected chi connectivity index (χ3v) is 11.1. The first-order valence-corrected chi connectivity index (χ1v) is 14.3. The summed E-state index contributed by atoms with van der Waals surface area (Å²) >= 11 is 0. The molecule has 3 saturated heterocycles. The van der Waals surface area contributed by atoms with Crippen LogP contribution < -0.4 is 4.74 Å². The zero-order valence-electron chi connectivity index (χ0n) is 22.1. The van der Waals surface area contributed by atoms with Crippen LogP contribution in [0.2, 0.25) is 0 Å². The highest BCUT2D eigenvalue weighted by atomic mass is 16.6. The molecular formula is C31H36N2O5. The number of fused-ring (bicyclic) bond motifs is 1. The minimum absolute atomic E-state index is 0.0577. The van der Waals surface area contributed by atoms with Crippen LogP contribution in [0.4, 0.5) is 0 Å². The van der Waals surface area contributed by atoms with Gasteiger partial charge in [0.05, 0.1) is 7.11 Å². The molecule has 7 nitrogen and oxygen atoms in total. The molecule has 0 radical (unpaired) electrons. The van der Waals surface area contributed by atoms with E-state index in [1.54, 1.807) is 12.0 Å². The van der Waals surface area contributed by atoms with Crippen LogP contribution >= 0.6 is 0 Å². The molecule has 3 aliphatic heterocycles. The van der Waals surface area contributed by atoms with Gasteiger partial charge in [-0.25, -0.2) is 0 Å². The lowest BCUT2D eigenvalue weighted by Crippen LogP contribution is -2.99. The zero-order chi connectivity index (χ0) is 26.0. The molecule has 3 heterocycles. The van der Waals surface area contributed by atoms with Gasteiger partial charge in [0.15, 0.2) is 11.5 Å². The molecule has 0 aromatic heterocycles. The van der Waals surface area contributed by atoms with Crippen molar-refractivity contribution in [3.63, 3.8) is 0 Å². The van der Waals surface area contributed by atoms with Crippen LogP contribution in [0.25, 0.3) is 0 Å². The number of amides is 1. The standard InChI is InChI=1S/C31H36N2O5/c1-3-30(36)27-24-26(28(35)33(30)17-18-7-5-4-6-8-18)38-31(24)22-15-20-11-12-21(37-2)25(34)23(20)29(27,31)13-14-32(22)16-19-9-10-19/h4-8,11-12,19,22,24,26-27,34,36H,3,9-10,13-17H2,1-2H3/t22?,24?,26-,27?,29?,30?,31?/m0/s1. The van der Waals surface area contributed by atoms with E-state index in [-0.39, 0.29) is 29.5 Å². The number of hydrogen-bond donors (Lipinski definition) is 2. The number of carbonyl (C=O) groups is 1. The summed E-state index contributed by atoms with van der Waals surface area (Å²) in [5, 5.41) is 24.3. The molecule has 7 atom stereocenters. The van der Waals surface area contributed by atoms with E-state index in [1.807, 2.05) is 43.3 Å². The molecule has 2 N–H and O–H groups in total. The van der Waals surface area contributed by atoms with E-state index in [0.717, 1.165) is 48.5 Å². The summed E-state index contributed by atoms with van der Waals surface area (Å²) in [6.45, 7) is 4.29. The van der Waals surface area contributed by atoms with E-state index in [0.29, 0.717) is 18.7 Å². The van der Waals surface area contributed by atoms with Crippen molar-refractivity contribution in [2.45, 2.75) is 74.5 Å². The lowest BCUT2D eigenvalue weighted by Gasteiger charge is -2.86. The van der Waals surface area contributed by atoms with E-state index in [2.05, 4.69) is 11.0 Å². The molecule has 2 aromatic carbocycles. The van der Waals surface area contributed by atoms with E-state index in [4.69, 9.17) is 9.47 Å². The molecule has 6 aliphatic rings. The number of methoxy groups -OCH3 is 1. The number of carbonyl (C=O) groups excluding carboxylic acids is 1. The van der Waals surface area contributed by atoms with Crippen LogP contribution in [0.15, 0.2) is 42.5 Å². The van der Waals surface area contributed by atoms with Crippen LogP contribution in [0.1, 0.15) is 49.3 Å². The Kier molecular flexibility index (Phi) is 4.61. The van der Waals surface area contributed by atoms with Crippen molar-refractivity contribution in [2.75, 3.05) is 20.2 Å². The maximum atomic E-state index is 14.0. The summed E-state index contributed by atoms with van der Waals surface area (Å²) in [4.78, 5) is 18.3. The molecule has 2 bridgehead atoms. The van der Waals surface area contributed by atoms with Gasteiger partial charge in [0.2, 0.25) is 0 Å². The Morgan fingerprint density at radius 2 is 1.95 bits per heavy atom. The largest absolute Gasteiger partial charge is 0.504 e. The summed E-state index contributed by atoms with van der Waals surface area (Å²) in [6.07, 6.45) is 4.02. The topological polar surface area (TPSA) is 82.5 Å². The van der Waals surface area contributed by atoms with Crippen molar-refractivity contribution in [2.24, 2.45) is 17.8 Å². The van der Waals surface area contributed by atoms with Crippen molar-refractivity contribution in [1.82, 2.24) is 9.80 Å². The fourth-order valence-electron chi connectivity index (χ4n) is 9.54. The Bertz CT molecular complexity index is 1330. The predicted molar refractivity (Wildman–Crippen MR) is 140 cm³/mol. The van der Waals surface area contributed by atoms with Gasteiger partial charge in [0.1, 0.15) is 17.4 Å². The Balaban J connectivity index is 1.31. The lowest BCUT2D eigenvalue weighted by molar-refractivity contribution is -0.459. The van der Waals surface area contributed by atoms with E-state index in [1.165, 1.54) is 12.8 Å². The maximum Gasteiger partial charge on any atom is 0.254 e. The second-order valence-electron chi connectivity index (χ2n) is 12.5. The van der Waals surface area contributed by atoms with Crippen LogP contribution in [0.5, 0.6) is 11.5 Å². The first-order valence-electron chi connectivity index (χ1n) is 14.3. The second kappa shape index (κ2) is 7.52. The van der Waals surface area contributed by atoms with Gasteiger partial charge in [-0.15, -0.1) is 0 Å². The summed E-state index contributed by atoms with van der Waals surface area (Å²) in [5.74, 6) is 1.000. The van der Waals surface area contributed by atoms with E-state index in [9.17, 15) is 15.0 Å². The number of likely N-dealkylation sites (tertiary alicyclic amines) is 2. The number of hydrogen-bond acceptors (Lipinski definition) is 6. The van der Waals surface area contributed by atoms with Crippen molar-refractivity contribution >= 4 is 5.91 Å². The van der Waals surface area contributed by atoms with Gasteiger partial charge in [-0.1, -0.05) is 43.3 Å². The van der Waals surface area contributed by atoms with Crippen LogP contribution in [-0.2, 0) is 27.9 Å². The Labute approximate surface area is 223 Å². The van der Waals surface area contributed by atoms with Crippen molar-refractivity contribution in [1.29, 1.82) is 0 Å². The number of phenols is 1. The number of ether oxygens (including phenoxy) is 2. The van der Waals surface area contributed by atoms with Gasteiger partial charge >= 0.3 is 0 Å². The Morgan fingerprint density at radius 1 is 1.16 bits per heavy atom. The molecule has 7 heteroatoms. The van der Waals surface area contributed by atoms with Gasteiger partial charge in [-0.3, -0.25) is 9.69 Å². The molecule has 1 amide bonds. The van der Waals surface area contributed by atoms with E-state index >= 15 is 0 Å². The number of nitrogens with zero attached hydrogens (tertiary/aromatic N) is 2. The number of phenolic OH excluding ortho intramolecular Hbond substituents is 1. The van der Waals surface area contributed by atoms with Crippen molar-refractivity contribution < 1.29 is 24.5 Å². The quantitative estimate of drug-likeness (QED) is 0.614. The normalized spacial score (nSPS) is 40.4. The molecule has 6 unspecified atom stereocenters. The Hall–Kier alpha value is -2.61. The summed E-state index contributed by atoms with van der Waals surface area (Å²) in [7, 11) is 1.58. The molecule has 200 valence electrons. The number of aromatic hydroxyl groups is 1. The monoisotopic (exact) mass is 516 g/mol. The van der Waals surface area contributed by atoms with Crippen molar-refractivity contribution in [3.8, 4) is 11.5 Å². The third-order valence-electron chi connectivity index (χ3n) is 11.1. The first kappa shape index (κ1) is 23.3. The van der Waals surface area contributed by atoms with Gasteiger partial charge in [-0.05, 0) is 61.8 Å². The molecule has 38 heavy (non-hydrogen) atoms. The molecule has 5 fully saturated rings. The highest BCUT2D eigenvalue weighted by Crippen LogP contribution is 2.80. The molecule has 1 spiro atoms. The van der Waals surface area contributed by atoms with Gasteiger partial charge in [0, 0.05) is 41.9 Å². The number of benzene rings is 2. The summed E-state index contributed by atoms with van der Waals surface area (Å²) in [6, 6.07) is 14.0. The smallest absolute Gasteiger partial charge is 0.254 e. The average Bonchev–Trinajstić information content (AvgIpc) is 3.74. The van der Waals surface area contributed by atoms with Crippen LogP contribution in [0.3, 0.4) is 0 Å². The van der Waals surface area contributed by atoms with Gasteiger partial charge in [-0.2, -0.15) is 0 Å². The fraction of sp³-hybridized carbons (Fsp3) is 0.581. The van der Waals surface area contributed by atoms with Gasteiger partial charge < -0.3 is 24.6 Å². The predicted octanol–water partition coefficient (Wildman–Crippen LogP) is 3.20. The molecule has 2 saturated carbocycles. The highest BCUT2D eigenvalue weighted by Gasteiger charge is 2.92. The minimum atomic E-state index is -1.34. The minimum Gasteiger partial charge on any atom is -0.504 e. The number of piperidine rings is 2. The fourth-order valence-corrected chi connectivity index (χ4v) is 9.54. The van der Waals surface area contributed by atoms with Crippen molar-refractivity contribution in [3.05, 3.63) is 59.2 Å². The van der Waals surface area contributed by atoms with Crippen LogP contribution in [-0.4, -0.2) is 69.6 Å². The molecular weight excluding hydrogens is 480 g/mol. The summed E-state index contributed by atoms with van der Waals surface area (Å²) in [5.41, 5.74) is 0.512. The average molecular weight is 517 g/mol.